The fraction of sp³-hybridized carbons (Fsp3) is 0.333. The normalized spacial score (nSPS) is 11.4. The molecule has 0 atom stereocenters. The van der Waals surface area contributed by atoms with Crippen molar-refractivity contribution in [3.8, 4) is 0 Å². The lowest BCUT2D eigenvalue weighted by Crippen LogP contribution is -2.14. The van der Waals surface area contributed by atoms with E-state index in [-0.39, 0.29) is 5.41 Å². The minimum atomic E-state index is 0.0655. The van der Waals surface area contributed by atoms with Crippen LogP contribution in [0.2, 0.25) is 0 Å². The summed E-state index contributed by atoms with van der Waals surface area (Å²) in [6, 6.07) is 8.24. The van der Waals surface area contributed by atoms with E-state index in [9.17, 15) is 0 Å². The Bertz CT molecular complexity index is 585. The number of nitrogen functional groups attached to an aromatic ring is 1. The summed E-state index contributed by atoms with van der Waals surface area (Å²) in [5, 5.41) is 3.36. The highest BCUT2D eigenvalue weighted by Gasteiger charge is 2.18. The molecule has 19 heavy (non-hydrogen) atoms. The summed E-state index contributed by atoms with van der Waals surface area (Å²) < 4.78 is 0. The van der Waals surface area contributed by atoms with Gasteiger partial charge in [-0.1, -0.05) is 39.0 Å². The highest BCUT2D eigenvalue weighted by molar-refractivity contribution is 5.66. The summed E-state index contributed by atoms with van der Waals surface area (Å²) in [4.78, 5) is 8.23. The Labute approximate surface area is 114 Å². The molecule has 2 aromatic rings. The second-order valence-electron chi connectivity index (χ2n) is 5.65. The third-order valence-electron chi connectivity index (χ3n) is 3.11. The van der Waals surface area contributed by atoms with Gasteiger partial charge in [0, 0.05) is 11.3 Å². The lowest BCUT2D eigenvalue weighted by atomic mass is 9.86. The van der Waals surface area contributed by atoms with E-state index in [2.05, 4.69) is 48.2 Å². The molecule has 1 aromatic heterocycles. The van der Waals surface area contributed by atoms with Crippen molar-refractivity contribution in [1.29, 1.82) is 0 Å². The topological polar surface area (TPSA) is 63.8 Å². The van der Waals surface area contributed by atoms with Gasteiger partial charge in [-0.3, -0.25) is 0 Å². The molecular formula is C15H20N4. The first-order valence-corrected chi connectivity index (χ1v) is 6.33. The number of nitrogens with two attached hydrogens (primary N) is 1. The van der Waals surface area contributed by atoms with E-state index in [4.69, 9.17) is 5.73 Å². The molecule has 0 aliphatic rings. The van der Waals surface area contributed by atoms with E-state index in [1.54, 1.807) is 0 Å². The first kappa shape index (κ1) is 13.3. The van der Waals surface area contributed by atoms with Gasteiger partial charge in [-0.2, -0.15) is 0 Å². The number of benzene rings is 1. The number of anilines is 3. The van der Waals surface area contributed by atoms with Crippen molar-refractivity contribution in [3.63, 3.8) is 0 Å². The molecule has 0 unspecified atom stereocenters. The Morgan fingerprint density at radius 2 is 1.79 bits per heavy atom. The average molecular weight is 256 g/mol. The summed E-state index contributed by atoms with van der Waals surface area (Å²) in [5.74, 6) is 1.26. The maximum Gasteiger partial charge on any atom is 0.138 e. The fourth-order valence-electron chi connectivity index (χ4n) is 1.96. The average Bonchev–Trinajstić information content (AvgIpc) is 2.34. The molecule has 2 rings (SSSR count). The number of aromatic nitrogens is 2. The minimum Gasteiger partial charge on any atom is -0.383 e. The van der Waals surface area contributed by atoms with Crippen LogP contribution in [0.5, 0.6) is 0 Å². The molecule has 0 amide bonds. The predicted octanol–water partition coefficient (Wildman–Crippen LogP) is 3.41. The fourth-order valence-corrected chi connectivity index (χ4v) is 1.96. The molecular weight excluding hydrogens is 236 g/mol. The zero-order valence-corrected chi connectivity index (χ0v) is 11.9. The second-order valence-corrected chi connectivity index (χ2v) is 5.65. The van der Waals surface area contributed by atoms with Crippen molar-refractivity contribution in [2.45, 2.75) is 33.1 Å². The van der Waals surface area contributed by atoms with Gasteiger partial charge in [0.15, 0.2) is 0 Å². The van der Waals surface area contributed by atoms with Crippen LogP contribution in [0.25, 0.3) is 0 Å². The van der Waals surface area contributed by atoms with Crippen LogP contribution >= 0.6 is 0 Å². The maximum absolute atomic E-state index is 5.81. The van der Waals surface area contributed by atoms with E-state index in [0.717, 1.165) is 17.1 Å². The third kappa shape index (κ3) is 2.84. The molecule has 1 heterocycles. The molecule has 4 nitrogen and oxygen atoms in total. The smallest absolute Gasteiger partial charge is 0.138 e. The third-order valence-corrected chi connectivity index (χ3v) is 3.11. The van der Waals surface area contributed by atoms with Gasteiger partial charge >= 0.3 is 0 Å². The van der Waals surface area contributed by atoms with Gasteiger partial charge < -0.3 is 11.1 Å². The Balaban J connectivity index is 2.42. The molecule has 0 radical (unpaired) electrons. The number of hydrogen-bond acceptors (Lipinski definition) is 4. The summed E-state index contributed by atoms with van der Waals surface area (Å²) in [5.41, 5.74) is 9.03. The Kier molecular flexibility index (Phi) is 3.42. The van der Waals surface area contributed by atoms with E-state index in [1.807, 2.05) is 19.1 Å². The molecule has 0 bridgehead atoms. The zero-order valence-electron chi connectivity index (χ0n) is 11.9. The number of hydrogen-bond donors (Lipinski definition) is 2. The summed E-state index contributed by atoms with van der Waals surface area (Å²) in [6.45, 7) is 8.48. The van der Waals surface area contributed by atoms with E-state index < -0.39 is 0 Å². The van der Waals surface area contributed by atoms with Crippen LogP contribution in [0.3, 0.4) is 0 Å². The van der Waals surface area contributed by atoms with Crippen LogP contribution in [0.4, 0.5) is 17.3 Å². The second kappa shape index (κ2) is 4.88. The lowest BCUT2D eigenvalue weighted by Gasteiger charge is -2.23. The quantitative estimate of drug-likeness (QED) is 0.864. The van der Waals surface area contributed by atoms with Gasteiger partial charge in [-0.25, -0.2) is 9.97 Å². The Hall–Kier alpha value is -2.10. The number of para-hydroxylation sites is 1. The molecule has 0 saturated carbocycles. The number of nitrogens with one attached hydrogen (secondary N) is 1. The monoisotopic (exact) mass is 256 g/mol. The molecule has 0 aliphatic carbocycles. The molecule has 0 aliphatic heterocycles. The van der Waals surface area contributed by atoms with Crippen molar-refractivity contribution in [1.82, 2.24) is 9.97 Å². The van der Waals surface area contributed by atoms with Crippen LogP contribution in [-0.4, -0.2) is 9.97 Å². The van der Waals surface area contributed by atoms with Crippen molar-refractivity contribution in [2.24, 2.45) is 0 Å². The van der Waals surface area contributed by atoms with Crippen LogP contribution in [0.15, 0.2) is 30.6 Å². The van der Waals surface area contributed by atoms with Gasteiger partial charge in [0.1, 0.15) is 18.0 Å². The van der Waals surface area contributed by atoms with Gasteiger partial charge in [-0.15, -0.1) is 0 Å². The van der Waals surface area contributed by atoms with Crippen molar-refractivity contribution < 1.29 is 0 Å². The molecule has 4 heteroatoms. The number of rotatable bonds is 2. The first-order chi connectivity index (χ1) is 8.89. The van der Waals surface area contributed by atoms with E-state index in [1.165, 1.54) is 11.9 Å². The SMILES string of the molecule is Cc1c(N)ncnc1Nc1ccccc1C(C)(C)C. The van der Waals surface area contributed by atoms with Crippen LogP contribution in [-0.2, 0) is 5.41 Å². The molecule has 0 fully saturated rings. The number of nitrogens with zero attached hydrogens (tertiary/aromatic N) is 2. The van der Waals surface area contributed by atoms with Gasteiger partial charge in [0.2, 0.25) is 0 Å². The zero-order chi connectivity index (χ0) is 14.0. The highest BCUT2D eigenvalue weighted by atomic mass is 15.0. The molecule has 0 spiro atoms. The Morgan fingerprint density at radius 1 is 1.11 bits per heavy atom. The van der Waals surface area contributed by atoms with Gasteiger partial charge in [0.25, 0.3) is 0 Å². The standard InChI is InChI=1S/C15H20N4/c1-10-13(16)17-9-18-14(10)19-12-8-6-5-7-11(12)15(2,3)4/h5-9H,1-4H3,(H3,16,17,18,19). The largest absolute Gasteiger partial charge is 0.383 e. The van der Waals surface area contributed by atoms with Crippen molar-refractivity contribution in [3.05, 3.63) is 41.7 Å². The molecule has 0 saturated heterocycles. The van der Waals surface area contributed by atoms with Crippen molar-refractivity contribution in [2.75, 3.05) is 11.1 Å². The lowest BCUT2D eigenvalue weighted by molar-refractivity contribution is 0.592. The summed E-state index contributed by atoms with van der Waals surface area (Å²) in [6.07, 6.45) is 1.48. The van der Waals surface area contributed by atoms with E-state index in [0.29, 0.717) is 5.82 Å². The minimum absolute atomic E-state index is 0.0655. The van der Waals surface area contributed by atoms with Gasteiger partial charge in [-0.05, 0) is 24.0 Å². The predicted molar refractivity (Wildman–Crippen MR) is 79.6 cm³/mol. The highest BCUT2D eigenvalue weighted by Crippen LogP contribution is 2.31. The molecule has 3 N–H and O–H groups in total. The summed E-state index contributed by atoms with van der Waals surface area (Å²) in [7, 11) is 0. The Morgan fingerprint density at radius 3 is 2.47 bits per heavy atom. The van der Waals surface area contributed by atoms with Crippen LogP contribution in [0.1, 0.15) is 31.9 Å². The first-order valence-electron chi connectivity index (χ1n) is 6.33. The molecule has 100 valence electrons. The van der Waals surface area contributed by atoms with Crippen LogP contribution in [0, 0.1) is 6.92 Å². The van der Waals surface area contributed by atoms with Crippen molar-refractivity contribution >= 4 is 17.3 Å². The maximum atomic E-state index is 5.81. The van der Waals surface area contributed by atoms with E-state index >= 15 is 0 Å². The van der Waals surface area contributed by atoms with Gasteiger partial charge in [0.05, 0.1) is 0 Å². The van der Waals surface area contributed by atoms with Crippen LogP contribution < -0.4 is 11.1 Å². The molecule has 1 aromatic carbocycles. The summed E-state index contributed by atoms with van der Waals surface area (Å²) >= 11 is 0.